The van der Waals surface area contributed by atoms with Crippen molar-refractivity contribution in [2.24, 2.45) is 0 Å². The molecule has 1 aliphatic carbocycles. The van der Waals surface area contributed by atoms with E-state index in [4.69, 9.17) is 0 Å². The average molecular weight is 384 g/mol. The number of allylic oxidation sites excluding steroid dienone is 6. The van der Waals surface area contributed by atoms with E-state index < -0.39 is 0 Å². The van der Waals surface area contributed by atoms with Crippen molar-refractivity contribution in [3.8, 4) is 0 Å². The van der Waals surface area contributed by atoms with Crippen molar-refractivity contribution in [2.75, 3.05) is 13.2 Å². The summed E-state index contributed by atoms with van der Waals surface area (Å²) in [6.07, 6.45) is 17.7. The van der Waals surface area contributed by atoms with Crippen molar-refractivity contribution in [3.63, 3.8) is 0 Å². The normalized spacial score (nSPS) is 11.3. The minimum absolute atomic E-state index is 0.0337. The standard InChI is InChI=1S/2C5H9O.C5H5.C4H9.Zr/c2*1-2-3-4-5-6;1-2-4-5-3-1;1-3-4-2;/h2*2H,1,3-5H2;1-3H,4H2;1,3-4H2,2H3;/q2*-1;;;+2. The number of hydrogen-bond donors (Lipinski definition) is 0. The predicted octanol–water partition coefficient (Wildman–Crippen LogP) is 3.76. The van der Waals surface area contributed by atoms with Crippen LogP contribution in [0.3, 0.4) is 0 Å². The molecule has 0 N–H and O–H groups in total. The second kappa shape index (κ2) is 23.0. The van der Waals surface area contributed by atoms with E-state index in [1.165, 1.54) is 19.3 Å². The molecule has 1 rings (SSSR count). The van der Waals surface area contributed by atoms with Gasteiger partial charge in [-0.05, 0) is 12.8 Å². The first kappa shape index (κ1) is 24.0. The van der Waals surface area contributed by atoms with Gasteiger partial charge in [0.2, 0.25) is 0 Å². The van der Waals surface area contributed by atoms with Gasteiger partial charge in [0.05, 0.1) is 0 Å². The SMILES string of the molecule is C=CCCC[O-].C=CCCC[O-].CCC[CH2][Zr+2][C]1=CC=CC1. The van der Waals surface area contributed by atoms with Crippen LogP contribution < -0.4 is 10.2 Å². The number of rotatable bonds is 10. The van der Waals surface area contributed by atoms with E-state index in [0.717, 1.165) is 25.7 Å². The zero-order chi connectivity index (χ0) is 16.9. The molecule has 0 aliphatic heterocycles. The van der Waals surface area contributed by atoms with Crippen LogP contribution in [-0.4, -0.2) is 13.2 Å². The van der Waals surface area contributed by atoms with Crippen LogP contribution in [0.1, 0.15) is 51.9 Å². The maximum atomic E-state index is 9.64. The van der Waals surface area contributed by atoms with Crippen LogP contribution >= 0.6 is 0 Å². The van der Waals surface area contributed by atoms with Crippen LogP contribution in [0.15, 0.2) is 46.8 Å². The summed E-state index contributed by atoms with van der Waals surface area (Å²) in [5, 5.41) is 19.3. The second-order valence-electron chi connectivity index (χ2n) is 4.87. The van der Waals surface area contributed by atoms with Gasteiger partial charge >= 0.3 is 75.1 Å². The van der Waals surface area contributed by atoms with Gasteiger partial charge in [-0.15, -0.1) is 26.4 Å². The fourth-order valence-electron chi connectivity index (χ4n) is 1.46. The third-order valence-electron chi connectivity index (χ3n) is 2.76. The Bertz CT molecular complexity index is 284. The molecule has 0 radical (unpaired) electrons. The van der Waals surface area contributed by atoms with Crippen molar-refractivity contribution in [2.45, 2.75) is 56.0 Å². The maximum absolute atomic E-state index is 9.64. The van der Waals surface area contributed by atoms with E-state index in [-0.39, 0.29) is 36.4 Å². The Morgan fingerprint density at radius 3 is 2.00 bits per heavy atom. The monoisotopic (exact) mass is 382 g/mol. The first-order chi connectivity index (χ1) is 10.8. The summed E-state index contributed by atoms with van der Waals surface area (Å²) in [6.45, 7) is 9.26. The topological polar surface area (TPSA) is 46.1 Å². The predicted molar refractivity (Wildman–Crippen MR) is 90.2 cm³/mol. The van der Waals surface area contributed by atoms with Crippen molar-refractivity contribution in [1.82, 2.24) is 0 Å². The van der Waals surface area contributed by atoms with Gasteiger partial charge in [0.1, 0.15) is 0 Å². The first-order valence-electron chi connectivity index (χ1n) is 8.24. The number of hydrogen-bond acceptors (Lipinski definition) is 2. The summed E-state index contributed by atoms with van der Waals surface area (Å²) in [5.74, 6) is 0. The van der Waals surface area contributed by atoms with Gasteiger partial charge < -0.3 is 10.2 Å². The van der Waals surface area contributed by atoms with Crippen LogP contribution in [0.4, 0.5) is 0 Å². The molecular formula is C19H32O2Zr. The molecule has 1 aliphatic rings. The Labute approximate surface area is 149 Å². The Balaban J connectivity index is 0. The molecule has 0 aromatic heterocycles. The Hall–Kier alpha value is -0.237. The van der Waals surface area contributed by atoms with Crippen LogP contribution in [0.25, 0.3) is 0 Å². The molecule has 0 amide bonds. The molecule has 0 unspecified atom stereocenters. The summed E-state index contributed by atoms with van der Waals surface area (Å²) in [4.78, 5) is 0. The fourth-order valence-corrected chi connectivity index (χ4v) is 4.72. The molecule has 22 heavy (non-hydrogen) atoms. The third-order valence-corrected chi connectivity index (χ3v) is 6.27. The molecule has 0 atom stereocenters. The molecule has 0 heterocycles. The summed E-state index contributed by atoms with van der Waals surface area (Å²) >= 11 is -0.0811. The summed E-state index contributed by atoms with van der Waals surface area (Å²) < 4.78 is 3.34. The Morgan fingerprint density at radius 2 is 1.68 bits per heavy atom. The molecule has 0 spiro atoms. The van der Waals surface area contributed by atoms with Crippen molar-refractivity contribution >= 4 is 0 Å². The quantitative estimate of drug-likeness (QED) is 0.426. The zero-order valence-electron chi connectivity index (χ0n) is 14.2. The third kappa shape index (κ3) is 22.1. The molecule has 0 bridgehead atoms. The molecular weight excluding hydrogens is 351 g/mol. The molecule has 0 fully saturated rings. The van der Waals surface area contributed by atoms with Crippen LogP contribution in [0, 0.1) is 0 Å². The minimum atomic E-state index is -0.0811. The zero-order valence-corrected chi connectivity index (χ0v) is 16.6. The molecule has 0 aromatic rings. The summed E-state index contributed by atoms with van der Waals surface area (Å²) in [6, 6.07) is 0. The van der Waals surface area contributed by atoms with E-state index in [1.54, 1.807) is 19.6 Å². The molecule has 124 valence electrons. The molecule has 3 heteroatoms. The van der Waals surface area contributed by atoms with E-state index in [2.05, 4.69) is 38.3 Å². The summed E-state index contributed by atoms with van der Waals surface area (Å²) in [5.41, 5.74) is 0. The van der Waals surface area contributed by atoms with Gasteiger partial charge in [-0.25, -0.2) is 0 Å². The average Bonchev–Trinajstić information content (AvgIpc) is 3.06. The van der Waals surface area contributed by atoms with Gasteiger partial charge in [0.25, 0.3) is 0 Å². The Morgan fingerprint density at radius 1 is 1.09 bits per heavy atom. The van der Waals surface area contributed by atoms with Crippen molar-refractivity contribution in [1.29, 1.82) is 0 Å². The van der Waals surface area contributed by atoms with Gasteiger partial charge in [0, 0.05) is 0 Å². The van der Waals surface area contributed by atoms with Gasteiger partial charge in [-0.1, -0.05) is 25.0 Å². The van der Waals surface area contributed by atoms with Crippen molar-refractivity contribution < 1.29 is 33.4 Å². The Kier molecular flexibility index (Phi) is 25.2. The second-order valence-corrected chi connectivity index (χ2v) is 8.55. The molecule has 2 nitrogen and oxygen atoms in total. The fraction of sp³-hybridized carbons (Fsp3) is 0.579. The van der Waals surface area contributed by atoms with Crippen LogP contribution in [0.2, 0.25) is 4.13 Å². The van der Waals surface area contributed by atoms with Gasteiger partial charge in [-0.3, -0.25) is 0 Å². The van der Waals surface area contributed by atoms with E-state index >= 15 is 0 Å². The summed E-state index contributed by atoms with van der Waals surface area (Å²) in [7, 11) is 0. The number of unbranched alkanes of at least 4 members (excludes halogenated alkanes) is 3. The molecule has 0 saturated heterocycles. The van der Waals surface area contributed by atoms with Crippen LogP contribution in [-0.2, 0) is 23.2 Å². The molecule has 0 aromatic carbocycles. The van der Waals surface area contributed by atoms with E-state index in [9.17, 15) is 10.2 Å². The van der Waals surface area contributed by atoms with Crippen LogP contribution in [0.5, 0.6) is 0 Å². The first-order valence-corrected chi connectivity index (χ1v) is 11.2. The van der Waals surface area contributed by atoms with E-state index in [1.807, 2.05) is 0 Å². The van der Waals surface area contributed by atoms with E-state index in [0.29, 0.717) is 0 Å². The van der Waals surface area contributed by atoms with Crippen molar-refractivity contribution in [3.05, 3.63) is 46.8 Å². The molecule has 0 saturated carbocycles. The van der Waals surface area contributed by atoms with Gasteiger partial charge in [-0.2, -0.15) is 0 Å². The van der Waals surface area contributed by atoms with Gasteiger partial charge in [0.15, 0.2) is 0 Å².